The molecular formula is C64H79N11O11S. The number of nitro benzene ring substituents is 1. The Kier molecular flexibility index (Phi) is 16.5. The summed E-state index contributed by atoms with van der Waals surface area (Å²) in [6, 6.07) is 24.6. The second kappa shape index (κ2) is 24.5. The highest BCUT2D eigenvalue weighted by Crippen LogP contribution is 2.54. The van der Waals surface area contributed by atoms with Crippen LogP contribution in [0.5, 0.6) is 11.6 Å². The third-order valence-electron chi connectivity index (χ3n) is 19.5. The Morgan fingerprint density at radius 1 is 0.885 bits per heavy atom. The fraction of sp³-hybridized carbons (Fsp3) is 0.516. The predicted molar refractivity (Wildman–Crippen MR) is 330 cm³/mol. The number of aromatic nitrogens is 3. The molecule has 2 aliphatic carbocycles. The van der Waals surface area contributed by atoms with Gasteiger partial charge in [0.25, 0.3) is 21.6 Å². The lowest BCUT2D eigenvalue weighted by Crippen LogP contribution is -2.59. The quantitative estimate of drug-likeness (QED) is 0.0560. The predicted octanol–water partition coefficient (Wildman–Crippen LogP) is 8.11. The van der Waals surface area contributed by atoms with Crippen molar-refractivity contribution < 1.29 is 46.9 Å². The molecule has 6 fully saturated rings. The van der Waals surface area contributed by atoms with Crippen molar-refractivity contribution in [1.29, 1.82) is 0 Å². The van der Waals surface area contributed by atoms with Gasteiger partial charge in [-0.05, 0) is 142 Å². The Hall–Kier alpha value is -7.12. The van der Waals surface area contributed by atoms with E-state index in [1.807, 2.05) is 42.3 Å². The monoisotopic (exact) mass is 1210 g/mol. The molecule has 4 N–H and O–H groups in total. The van der Waals surface area contributed by atoms with E-state index >= 15 is 0 Å². The number of aryl methyl sites for hydroxylation is 1. The number of pyridine rings is 2. The topological polar surface area (TPSA) is 243 Å². The number of piperazine rings is 1. The number of aliphatic hydroxyl groups is 1. The molecule has 3 atom stereocenters. The summed E-state index contributed by atoms with van der Waals surface area (Å²) in [5, 5.41) is 26.9. The van der Waals surface area contributed by atoms with Gasteiger partial charge >= 0.3 is 0 Å². The van der Waals surface area contributed by atoms with Crippen molar-refractivity contribution in [3.8, 4) is 11.6 Å². The number of ether oxygens (including phenoxy) is 5. The highest BCUT2D eigenvalue weighted by molar-refractivity contribution is 7.90. The molecule has 3 aromatic heterocycles. The second-order valence-corrected chi connectivity index (χ2v) is 26.9. The Morgan fingerprint density at radius 3 is 2.47 bits per heavy atom. The van der Waals surface area contributed by atoms with Crippen LogP contribution < -0.4 is 34.2 Å². The highest BCUT2D eigenvalue weighted by atomic mass is 32.2. The number of sulfonamides is 1. The fourth-order valence-corrected chi connectivity index (χ4v) is 15.4. The molecule has 0 radical (unpaired) electrons. The van der Waals surface area contributed by atoms with Crippen LogP contribution in [0.15, 0.2) is 96.2 Å². The molecule has 4 saturated heterocycles. The summed E-state index contributed by atoms with van der Waals surface area (Å²) in [6.07, 6.45) is 9.66. The van der Waals surface area contributed by atoms with Crippen LogP contribution in [0.4, 0.5) is 34.3 Å². The van der Waals surface area contributed by atoms with Gasteiger partial charge < -0.3 is 53.8 Å². The van der Waals surface area contributed by atoms with E-state index in [-0.39, 0.29) is 41.8 Å². The largest absolute Gasteiger partial charge is 0.493 e. The van der Waals surface area contributed by atoms with Crippen molar-refractivity contribution in [3.05, 3.63) is 124 Å². The first kappa shape index (κ1) is 58.9. The molecule has 6 aromatic rings. The zero-order valence-electron chi connectivity index (χ0n) is 49.8. The number of methoxy groups -OCH3 is 1. The number of anilines is 5. The standard InChI is InChI=1S/C64H79N11O11S/c1-42-6-4-5-7-49(42)55-39-70(38-44-30-56(82-3)60(67-37-44)72-24-26-83-27-25-72)22-23-73(55)47-34-64(35-47)17-20-71(21-18-64)46-8-10-50(52(32-46)74-40-57-58(41-84-28-29-85-57)86-62-54(74)31-45-14-19-65-59(45)68-62)61(76)69-87(80,81)48-9-11-51(53(33-48)75(78)79)66-36-43-12-15-63(2,77)16-13-43/h4-11,14,19,30-33,37,43,47,55,57-58,66,77H,12-13,15-18,20-29,34-36,38-41H2,1-3H3,(H,65,68)(H,69,76)/t43-,55-,57+,58-,63-/m0/s1. The number of amides is 1. The Bertz CT molecular complexity index is 3610. The number of piperidine rings is 1. The lowest BCUT2D eigenvalue weighted by molar-refractivity contribution is -0.384. The number of benzene rings is 3. The van der Waals surface area contributed by atoms with E-state index in [1.54, 1.807) is 19.4 Å². The van der Waals surface area contributed by atoms with Gasteiger partial charge in [0.2, 0.25) is 5.88 Å². The number of carbonyl (C=O) groups is 1. The van der Waals surface area contributed by atoms with Gasteiger partial charge in [-0.3, -0.25) is 24.7 Å². The smallest absolute Gasteiger partial charge is 0.293 e. The van der Waals surface area contributed by atoms with Gasteiger partial charge in [-0.25, -0.2) is 18.1 Å². The molecule has 0 bridgehead atoms. The number of hydrogen-bond donors (Lipinski definition) is 4. The first-order valence-electron chi connectivity index (χ1n) is 30.8. The summed E-state index contributed by atoms with van der Waals surface area (Å²) < 4.78 is 61.4. The maximum atomic E-state index is 14.9. The van der Waals surface area contributed by atoms with Crippen LogP contribution in [0, 0.1) is 28.4 Å². The summed E-state index contributed by atoms with van der Waals surface area (Å²) in [6.45, 7) is 13.7. The Morgan fingerprint density at radius 2 is 1.69 bits per heavy atom. The summed E-state index contributed by atoms with van der Waals surface area (Å²) >= 11 is 0. The average molecular weight is 1210 g/mol. The van der Waals surface area contributed by atoms with E-state index in [1.165, 1.54) is 23.3 Å². The van der Waals surface area contributed by atoms with Gasteiger partial charge in [0.05, 0.1) is 73.4 Å². The van der Waals surface area contributed by atoms with Crippen molar-refractivity contribution in [2.24, 2.45) is 11.3 Å². The van der Waals surface area contributed by atoms with E-state index in [0.29, 0.717) is 74.8 Å². The van der Waals surface area contributed by atoms with Crippen LogP contribution in [0.25, 0.3) is 11.0 Å². The maximum absolute atomic E-state index is 14.9. The van der Waals surface area contributed by atoms with Crippen molar-refractivity contribution in [2.45, 2.75) is 107 Å². The molecule has 7 aliphatic rings. The molecule has 1 amide bonds. The summed E-state index contributed by atoms with van der Waals surface area (Å²) in [7, 11) is -2.95. The molecule has 87 heavy (non-hydrogen) atoms. The van der Waals surface area contributed by atoms with E-state index in [4.69, 9.17) is 33.7 Å². The molecule has 5 aliphatic heterocycles. The highest BCUT2D eigenvalue weighted by Gasteiger charge is 2.50. The number of hydrogen-bond acceptors (Lipinski definition) is 19. The molecule has 2 saturated carbocycles. The zero-order valence-corrected chi connectivity index (χ0v) is 50.6. The third kappa shape index (κ3) is 12.4. The molecule has 13 rings (SSSR count). The number of nitrogens with one attached hydrogen (secondary N) is 3. The lowest BCUT2D eigenvalue weighted by atomic mass is 9.59. The summed E-state index contributed by atoms with van der Waals surface area (Å²) in [5.41, 5.74) is 5.49. The molecule has 23 heteroatoms. The van der Waals surface area contributed by atoms with Gasteiger partial charge in [-0.15, -0.1) is 0 Å². The number of morpholine rings is 1. The number of fused-ring (bicyclic) bond motifs is 3. The minimum Gasteiger partial charge on any atom is -0.493 e. The Balaban J connectivity index is 0.743. The number of carbonyl (C=O) groups excluding carboxylic acids is 1. The number of H-pyrrole nitrogens is 1. The Labute approximate surface area is 507 Å². The van der Waals surface area contributed by atoms with E-state index in [0.717, 1.165) is 125 Å². The fourth-order valence-electron chi connectivity index (χ4n) is 14.4. The van der Waals surface area contributed by atoms with E-state index in [9.17, 15) is 28.4 Å². The maximum Gasteiger partial charge on any atom is 0.293 e. The normalized spacial score (nSPS) is 24.7. The van der Waals surface area contributed by atoms with E-state index < -0.39 is 49.2 Å². The number of nitrogens with zero attached hydrogens (tertiary/aromatic N) is 8. The van der Waals surface area contributed by atoms with Crippen LogP contribution in [0.1, 0.15) is 91.4 Å². The molecule has 462 valence electrons. The number of rotatable bonds is 15. The SMILES string of the molecule is COc1cc(CN2CCN(C3CC4(CCN(c5ccc(C(=O)NS(=O)(=O)c6ccc(NC[C@H]7CC[C@](C)(O)CC7)c([N+](=O)[O-])c6)c(N6C[C@H]7OCCOC[C@@H]7Oc7nc8[nH]ccc8cc76)c5)CC4)C3)[C@H](c3ccccc3C)C2)cnc1N1CCOCC1. The molecule has 3 aromatic carbocycles. The average Bonchev–Trinajstić information content (AvgIpc) is 1.31. The third-order valence-corrected chi connectivity index (χ3v) is 20.8. The van der Waals surface area contributed by atoms with Gasteiger partial charge in [0.15, 0.2) is 17.7 Å². The van der Waals surface area contributed by atoms with Crippen LogP contribution in [-0.2, 0) is 30.8 Å². The second-order valence-electron chi connectivity index (χ2n) is 25.2. The minimum atomic E-state index is -4.67. The molecule has 22 nitrogen and oxygen atoms in total. The van der Waals surface area contributed by atoms with Crippen LogP contribution in [0.3, 0.4) is 0 Å². The van der Waals surface area contributed by atoms with E-state index in [2.05, 4.69) is 71.9 Å². The molecule has 8 heterocycles. The molecule has 1 spiro atoms. The lowest BCUT2D eigenvalue weighted by Gasteiger charge is -2.58. The van der Waals surface area contributed by atoms with Crippen LogP contribution >= 0.6 is 0 Å². The van der Waals surface area contributed by atoms with Crippen molar-refractivity contribution in [2.75, 3.05) is 119 Å². The molecule has 0 unspecified atom stereocenters. The van der Waals surface area contributed by atoms with Crippen molar-refractivity contribution in [3.63, 3.8) is 0 Å². The first-order valence-corrected chi connectivity index (χ1v) is 32.3. The van der Waals surface area contributed by atoms with Gasteiger partial charge in [0.1, 0.15) is 23.1 Å². The number of nitro groups is 1. The summed E-state index contributed by atoms with van der Waals surface area (Å²) in [5.74, 6) is 1.22. The van der Waals surface area contributed by atoms with Gasteiger partial charge in [-0.1, -0.05) is 24.3 Å². The summed E-state index contributed by atoms with van der Waals surface area (Å²) in [4.78, 5) is 51.2. The van der Waals surface area contributed by atoms with Gasteiger partial charge in [-0.2, -0.15) is 4.98 Å². The van der Waals surface area contributed by atoms with Crippen LogP contribution in [0.2, 0.25) is 0 Å². The minimum absolute atomic E-state index is 0.0571. The number of aromatic amines is 1. The van der Waals surface area contributed by atoms with Crippen molar-refractivity contribution >= 4 is 61.2 Å². The van der Waals surface area contributed by atoms with Crippen LogP contribution in [-0.4, -0.2) is 172 Å². The molecular weight excluding hydrogens is 1130 g/mol. The zero-order chi connectivity index (χ0) is 60.0. The van der Waals surface area contributed by atoms with Gasteiger partial charge in [0, 0.05) is 101 Å². The first-order chi connectivity index (χ1) is 42.1. The van der Waals surface area contributed by atoms with Crippen molar-refractivity contribution in [1.82, 2.24) is 29.5 Å².